The van der Waals surface area contributed by atoms with Crippen molar-refractivity contribution in [1.29, 1.82) is 0 Å². The van der Waals surface area contributed by atoms with Crippen LogP contribution >= 0.6 is 0 Å². The van der Waals surface area contributed by atoms with Gasteiger partial charge in [-0.25, -0.2) is 8.42 Å². The van der Waals surface area contributed by atoms with E-state index in [0.717, 1.165) is 18.4 Å². The molecular formula is C21H28N2O3S. The second-order valence-corrected chi connectivity index (χ2v) is 8.51. The lowest BCUT2D eigenvalue weighted by Crippen LogP contribution is -2.32. The predicted molar refractivity (Wildman–Crippen MR) is 108 cm³/mol. The van der Waals surface area contributed by atoms with Crippen molar-refractivity contribution < 1.29 is 13.2 Å². The van der Waals surface area contributed by atoms with Gasteiger partial charge < -0.3 is 4.90 Å². The number of benzene rings is 2. The first-order valence-corrected chi connectivity index (χ1v) is 10.7. The lowest BCUT2D eigenvalue weighted by atomic mass is 10.1. The summed E-state index contributed by atoms with van der Waals surface area (Å²) in [6.45, 7) is 5.42. The van der Waals surface area contributed by atoms with Crippen molar-refractivity contribution in [2.45, 2.75) is 38.1 Å². The molecule has 5 nitrogen and oxygen atoms in total. The summed E-state index contributed by atoms with van der Waals surface area (Å²) in [6.07, 6.45) is 1.53. The first-order chi connectivity index (χ1) is 12.9. The fraction of sp³-hybridized carbons (Fsp3) is 0.381. The van der Waals surface area contributed by atoms with Crippen LogP contribution in [0, 0.1) is 0 Å². The zero-order valence-electron chi connectivity index (χ0n) is 16.3. The van der Waals surface area contributed by atoms with Gasteiger partial charge in [0.05, 0.1) is 4.90 Å². The summed E-state index contributed by atoms with van der Waals surface area (Å²) in [4.78, 5) is 14.5. The van der Waals surface area contributed by atoms with E-state index in [0.29, 0.717) is 25.2 Å². The molecule has 1 amide bonds. The van der Waals surface area contributed by atoms with Gasteiger partial charge in [0.15, 0.2) is 0 Å². The number of rotatable bonds is 9. The van der Waals surface area contributed by atoms with Crippen LogP contribution in [0.3, 0.4) is 0 Å². The van der Waals surface area contributed by atoms with E-state index >= 15 is 0 Å². The second kappa shape index (κ2) is 9.67. The smallest absolute Gasteiger partial charge is 0.253 e. The van der Waals surface area contributed by atoms with Crippen LogP contribution in [0.2, 0.25) is 0 Å². The molecular weight excluding hydrogens is 360 g/mol. The Morgan fingerprint density at radius 2 is 1.44 bits per heavy atom. The average Bonchev–Trinajstić information content (AvgIpc) is 2.68. The van der Waals surface area contributed by atoms with Crippen LogP contribution < -0.4 is 0 Å². The molecule has 0 aliphatic heterocycles. The van der Waals surface area contributed by atoms with Crippen LogP contribution in [-0.2, 0) is 16.6 Å². The molecule has 2 aromatic carbocycles. The summed E-state index contributed by atoms with van der Waals surface area (Å²) in [7, 11) is -1.79. The van der Waals surface area contributed by atoms with Crippen LogP contribution in [0.25, 0.3) is 0 Å². The van der Waals surface area contributed by atoms with Crippen molar-refractivity contribution in [3.8, 4) is 0 Å². The quantitative estimate of drug-likeness (QED) is 0.657. The molecule has 0 aromatic heterocycles. The van der Waals surface area contributed by atoms with E-state index in [1.54, 1.807) is 24.1 Å². The topological polar surface area (TPSA) is 57.7 Å². The van der Waals surface area contributed by atoms with Gasteiger partial charge in [-0.2, -0.15) is 4.31 Å². The van der Waals surface area contributed by atoms with Gasteiger partial charge >= 0.3 is 0 Å². The highest BCUT2D eigenvalue weighted by Crippen LogP contribution is 2.18. The first kappa shape index (κ1) is 21.1. The van der Waals surface area contributed by atoms with Gasteiger partial charge in [-0.1, -0.05) is 44.2 Å². The van der Waals surface area contributed by atoms with Gasteiger partial charge in [0, 0.05) is 32.2 Å². The monoisotopic (exact) mass is 388 g/mol. The maximum atomic E-state index is 12.8. The fourth-order valence-electron chi connectivity index (χ4n) is 2.92. The van der Waals surface area contributed by atoms with Crippen LogP contribution in [0.4, 0.5) is 0 Å². The zero-order chi connectivity index (χ0) is 19.9. The van der Waals surface area contributed by atoms with Crippen molar-refractivity contribution in [2.75, 3.05) is 20.1 Å². The molecule has 0 spiro atoms. The van der Waals surface area contributed by atoms with Gasteiger partial charge in [0.1, 0.15) is 0 Å². The van der Waals surface area contributed by atoms with E-state index in [9.17, 15) is 13.2 Å². The molecule has 0 radical (unpaired) electrons. The van der Waals surface area contributed by atoms with Crippen molar-refractivity contribution in [3.63, 3.8) is 0 Å². The summed E-state index contributed by atoms with van der Waals surface area (Å²) < 4.78 is 27.1. The molecule has 2 aromatic rings. The van der Waals surface area contributed by atoms with Crippen LogP contribution in [0.1, 0.15) is 42.6 Å². The van der Waals surface area contributed by atoms with Gasteiger partial charge in [0.25, 0.3) is 5.91 Å². The number of carbonyl (C=O) groups excluding carboxylic acids is 1. The molecule has 6 heteroatoms. The van der Waals surface area contributed by atoms with E-state index in [2.05, 4.69) is 0 Å². The third kappa shape index (κ3) is 5.40. The number of carbonyl (C=O) groups is 1. The summed E-state index contributed by atoms with van der Waals surface area (Å²) in [5, 5.41) is 0. The fourth-order valence-corrected chi connectivity index (χ4v) is 4.54. The third-order valence-corrected chi connectivity index (χ3v) is 6.21. The minimum atomic E-state index is -3.53. The predicted octanol–water partition coefficient (Wildman–Crippen LogP) is 3.77. The van der Waals surface area contributed by atoms with E-state index in [4.69, 9.17) is 0 Å². The van der Waals surface area contributed by atoms with Gasteiger partial charge in [-0.3, -0.25) is 4.79 Å². The molecule has 0 atom stereocenters. The molecule has 2 rings (SSSR count). The molecule has 0 saturated carbocycles. The Morgan fingerprint density at radius 1 is 0.889 bits per heavy atom. The summed E-state index contributed by atoms with van der Waals surface area (Å²) >= 11 is 0. The number of hydrogen-bond acceptors (Lipinski definition) is 3. The minimum Gasteiger partial charge on any atom is -0.337 e. The van der Waals surface area contributed by atoms with Gasteiger partial charge in [0.2, 0.25) is 10.0 Å². The molecule has 0 heterocycles. The van der Waals surface area contributed by atoms with Crippen molar-refractivity contribution in [1.82, 2.24) is 9.21 Å². The SMILES string of the molecule is CCCN(CCC)S(=O)(=O)c1ccc(C(=O)N(C)Cc2ccccc2)cc1. The summed E-state index contributed by atoms with van der Waals surface area (Å²) in [5.74, 6) is -0.137. The molecule has 0 N–H and O–H groups in total. The Morgan fingerprint density at radius 3 is 1.96 bits per heavy atom. The molecule has 0 saturated heterocycles. The summed E-state index contributed by atoms with van der Waals surface area (Å²) in [6, 6.07) is 16.0. The molecule has 0 aliphatic rings. The molecule has 0 bridgehead atoms. The van der Waals surface area contributed by atoms with E-state index < -0.39 is 10.0 Å². The molecule has 27 heavy (non-hydrogen) atoms. The number of sulfonamides is 1. The van der Waals surface area contributed by atoms with Crippen molar-refractivity contribution in [3.05, 3.63) is 65.7 Å². The Bertz CT molecular complexity index is 827. The molecule has 0 aliphatic carbocycles. The number of nitrogens with zero attached hydrogens (tertiary/aromatic N) is 2. The molecule has 0 unspecified atom stereocenters. The second-order valence-electron chi connectivity index (χ2n) is 6.58. The number of amides is 1. The van der Waals surface area contributed by atoms with Crippen LogP contribution in [0.15, 0.2) is 59.5 Å². The van der Waals surface area contributed by atoms with Crippen LogP contribution in [-0.4, -0.2) is 43.7 Å². The van der Waals surface area contributed by atoms with Crippen molar-refractivity contribution >= 4 is 15.9 Å². The van der Waals surface area contributed by atoms with Gasteiger partial charge in [-0.05, 0) is 42.7 Å². The Kier molecular flexibility index (Phi) is 7.56. The molecule has 146 valence electrons. The Balaban J connectivity index is 2.14. The summed E-state index contributed by atoms with van der Waals surface area (Å²) in [5.41, 5.74) is 1.52. The number of hydrogen-bond donors (Lipinski definition) is 0. The highest BCUT2D eigenvalue weighted by atomic mass is 32.2. The van der Waals surface area contributed by atoms with Crippen LogP contribution in [0.5, 0.6) is 0 Å². The van der Waals surface area contributed by atoms with E-state index in [1.807, 2.05) is 44.2 Å². The maximum Gasteiger partial charge on any atom is 0.253 e. The highest BCUT2D eigenvalue weighted by molar-refractivity contribution is 7.89. The Labute approximate surface area is 162 Å². The largest absolute Gasteiger partial charge is 0.337 e. The minimum absolute atomic E-state index is 0.137. The zero-order valence-corrected chi connectivity index (χ0v) is 17.1. The standard InChI is InChI=1S/C21H28N2O3S/c1-4-15-23(16-5-2)27(25,26)20-13-11-19(12-14-20)21(24)22(3)17-18-9-7-6-8-10-18/h6-14H,4-5,15-17H2,1-3H3. The van der Waals surface area contributed by atoms with E-state index in [-0.39, 0.29) is 10.8 Å². The maximum absolute atomic E-state index is 12.8. The normalized spacial score (nSPS) is 11.6. The Hall–Kier alpha value is -2.18. The average molecular weight is 389 g/mol. The molecule has 0 fully saturated rings. The van der Waals surface area contributed by atoms with Gasteiger partial charge in [-0.15, -0.1) is 0 Å². The highest BCUT2D eigenvalue weighted by Gasteiger charge is 2.23. The lowest BCUT2D eigenvalue weighted by Gasteiger charge is -2.21. The first-order valence-electron chi connectivity index (χ1n) is 9.29. The third-order valence-electron chi connectivity index (χ3n) is 4.29. The van der Waals surface area contributed by atoms with E-state index in [1.165, 1.54) is 16.4 Å². The van der Waals surface area contributed by atoms with Crippen molar-refractivity contribution in [2.24, 2.45) is 0 Å². The lowest BCUT2D eigenvalue weighted by molar-refractivity contribution is 0.0785.